The number of halogens is 1. The molecule has 1 fully saturated rings. The summed E-state index contributed by atoms with van der Waals surface area (Å²) in [5, 5.41) is 6.19. The number of amides is 1. The quantitative estimate of drug-likeness (QED) is 0.609. The maximum atomic E-state index is 12.5. The second-order valence-electron chi connectivity index (χ2n) is 6.75. The number of nitrogens with one attached hydrogen (secondary N) is 3. The number of anilines is 1. The van der Waals surface area contributed by atoms with Gasteiger partial charge in [-0.3, -0.25) is 9.52 Å². The molecule has 152 valence electrons. The molecular weight excluding hydrogens is 398 g/mol. The van der Waals surface area contributed by atoms with Crippen molar-refractivity contribution in [2.75, 3.05) is 17.8 Å². The molecule has 2 aromatic rings. The van der Waals surface area contributed by atoms with Crippen LogP contribution >= 0.6 is 12.4 Å². The summed E-state index contributed by atoms with van der Waals surface area (Å²) < 4.78 is 27.7. The number of carbonyl (C=O) groups excluding carboxylic acids is 1. The van der Waals surface area contributed by atoms with E-state index in [-0.39, 0.29) is 29.8 Å². The van der Waals surface area contributed by atoms with E-state index >= 15 is 0 Å². The van der Waals surface area contributed by atoms with E-state index in [9.17, 15) is 13.2 Å². The van der Waals surface area contributed by atoms with Gasteiger partial charge in [-0.1, -0.05) is 36.4 Å². The van der Waals surface area contributed by atoms with Crippen LogP contribution in [-0.2, 0) is 21.4 Å². The van der Waals surface area contributed by atoms with Crippen LogP contribution in [0.3, 0.4) is 0 Å². The molecule has 3 rings (SSSR count). The van der Waals surface area contributed by atoms with Crippen molar-refractivity contribution >= 4 is 34.0 Å². The average Bonchev–Trinajstić information content (AvgIpc) is 3.20. The third-order valence-corrected chi connectivity index (χ3v) is 6.11. The van der Waals surface area contributed by atoms with Gasteiger partial charge in [0, 0.05) is 13.0 Å². The molecule has 1 heterocycles. The monoisotopic (exact) mass is 423 g/mol. The van der Waals surface area contributed by atoms with Crippen molar-refractivity contribution in [3.8, 4) is 0 Å². The Hall–Kier alpha value is -2.09. The van der Waals surface area contributed by atoms with Gasteiger partial charge in [-0.05, 0) is 55.6 Å². The van der Waals surface area contributed by atoms with Crippen LogP contribution in [0.4, 0.5) is 5.69 Å². The molecule has 1 aliphatic heterocycles. The summed E-state index contributed by atoms with van der Waals surface area (Å²) in [4.78, 5) is 12.3. The highest BCUT2D eigenvalue weighted by molar-refractivity contribution is 7.92. The lowest BCUT2D eigenvalue weighted by molar-refractivity contribution is -0.121. The normalized spacial score (nSPS) is 16.2. The maximum Gasteiger partial charge on any atom is 0.261 e. The molecule has 0 spiro atoms. The predicted octanol–water partition coefficient (Wildman–Crippen LogP) is 2.92. The molecule has 28 heavy (non-hydrogen) atoms. The Morgan fingerprint density at radius 1 is 1.07 bits per heavy atom. The Balaban J connectivity index is 0.00000280. The van der Waals surface area contributed by atoms with Gasteiger partial charge in [0.1, 0.15) is 0 Å². The van der Waals surface area contributed by atoms with Gasteiger partial charge in [-0.25, -0.2) is 8.42 Å². The number of hydrogen-bond donors (Lipinski definition) is 3. The van der Waals surface area contributed by atoms with E-state index in [0.29, 0.717) is 18.0 Å². The van der Waals surface area contributed by atoms with Crippen LogP contribution < -0.4 is 15.4 Å². The van der Waals surface area contributed by atoms with Gasteiger partial charge < -0.3 is 10.6 Å². The summed E-state index contributed by atoms with van der Waals surface area (Å²) in [6, 6.07) is 15.3. The fraction of sp³-hybridized carbons (Fsp3) is 0.350. The molecule has 6 nitrogen and oxygen atoms in total. The molecule has 1 saturated heterocycles. The highest BCUT2D eigenvalue weighted by atomic mass is 35.5. The molecule has 1 unspecified atom stereocenters. The van der Waals surface area contributed by atoms with Crippen LogP contribution in [0.5, 0.6) is 0 Å². The fourth-order valence-electron chi connectivity index (χ4n) is 3.16. The van der Waals surface area contributed by atoms with Crippen LogP contribution in [0, 0.1) is 5.92 Å². The Labute approximate surface area is 172 Å². The number of sulfonamides is 1. The van der Waals surface area contributed by atoms with Crippen LogP contribution in [0.15, 0.2) is 59.5 Å². The van der Waals surface area contributed by atoms with E-state index in [1.54, 1.807) is 42.5 Å². The Kier molecular flexibility index (Phi) is 8.29. The predicted molar refractivity (Wildman–Crippen MR) is 113 cm³/mol. The zero-order valence-corrected chi connectivity index (χ0v) is 17.2. The number of rotatable bonds is 8. The number of benzene rings is 2. The van der Waals surface area contributed by atoms with Crippen molar-refractivity contribution in [2.45, 2.75) is 30.7 Å². The second-order valence-corrected chi connectivity index (χ2v) is 8.43. The van der Waals surface area contributed by atoms with Crippen LogP contribution in [-0.4, -0.2) is 27.4 Å². The molecule has 8 heteroatoms. The minimum absolute atomic E-state index is 0. The molecule has 0 aromatic heterocycles. The summed E-state index contributed by atoms with van der Waals surface area (Å²) >= 11 is 0. The Bertz CT molecular complexity index is 869. The molecule has 0 bridgehead atoms. The lowest BCUT2D eigenvalue weighted by atomic mass is 10.0. The summed E-state index contributed by atoms with van der Waals surface area (Å²) in [6.07, 6.45) is 2.49. The zero-order chi connectivity index (χ0) is 19.1. The highest BCUT2D eigenvalue weighted by Gasteiger charge is 2.17. The van der Waals surface area contributed by atoms with Gasteiger partial charge in [-0.2, -0.15) is 0 Å². The molecule has 2 aromatic carbocycles. The lowest BCUT2D eigenvalue weighted by Gasteiger charge is -2.14. The Morgan fingerprint density at radius 2 is 1.79 bits per heavy atom. The van der Waals surface area contributed by atoms with Crippen LogP contribution in [0.25, 0.3) is 0 Å². The molecular formula is C20H26ClN3O3S. The smallest absolute Gasteiger partial charge is 0.261 e. The molecule has 1 amide bonds. The minimum atomic E-state index is -3.67. The van der Waals surface area contributed by atoms with Gasteiger partial charge in [0.15, 0.2) is 0 Å². The van der Waals surface area contributed by atoms with Crippen molar-refractivity contribution < 1.29 is 13.2 Å². The van der Waals surface area contributed by atoms with E-state index in [4.69, 9.17) is 0 Å². The first kappa shape index (κ1) is 22.2. The summed E-state index contributed by atoms with van der Waals surface area (Å²) in [5.74, 6) is 0.559. The molecule has 1 atom stereocenters. The Morgan fingerprint density at radius 3 is 2.50 bits per heavy atom. The minimum Gasteiger partial charge on any atom is -0.352 e. The van der Waals surface area contributed by atoms with Crippen molar-refractivity contribution in [3.63, 3.8) is 0 Å². The third-order valence-electron chi connectivity index (χ3n) is 4.73. The van der Waals surface area contributed by atoms with Crippen LogP contribution in [0.1, 0.15) is 24.8 Å². The average molecular weight is 424 g/mol. The van der Waals surface area contributed by atoms with E-state index in [1.807, 2.05) is 12.1 Å². The van der Waals surface area contributed by atoms with E-state index < -0.39 is 10.0 Å². The van der Waals surface area contributed by atoms with E-state index in [1.165, 1.54) is 0 Å². The van der Waals surface area contributed by atoms with Gasteiger partial charge in [0.05, 0.1) is 10.6 Å². The third kappa shape index (κ3) is 6.22. The van der Waals surface area contributed by atoms with Crippen molar-refractivity contribution in [1.82, 2.24) is 10.6 Å². The lowest BCUT2D eigenvalue weighted by Crippen LogP contribution is -2.24. The van der Waals surface area contributed by atoms with Crippen molar-refractivity contribution in [1.29, 1.82) is 0 Å². The number of para-hydroxylation sites is 1. The zero-order valence-electron chi connectivity index (χ0n) is 15.6. The first-order valence-electron chi connectivity index (χ1n) is 9.18. The largest absolute Gasteiger partial charge is 0.352 e. The molecule has 3 N–H and O–H groups in total. The number of hydrogen-bond acceptors (Lipinski definition) is 4. The first-order valence-corrected chi connectivity index (χ1v) is 10.7. The molecule has 0 radical (unpaired) electrons. The number of carbonyl (C=O) groups is 1. The molecule has 1 aliphatic rings. The van der Waals surface area contributed by atoms with Gasteiger partial charge in [0.25, 0.3) is 10.0 Å². The molecule has 0 aliphatic carbocycles. The van der Waals surface area contributed by atoms with Crippen LogP contribution in [0.2, 0.25) is 0 Å². The van der Waals surface area contributed by atoms with E-state index in [2.05, 4.69) is 15.4 Å². The summed E-state index contributed by atoms with van der Waals surface area (Å²) in [7, 11) is -3.67. The topological polar surface area (TPSA) is 87.3 Å². The van der Waals surface area contributed by atoms with Crippen molar-refractivity contribution in [3.05, 3.63) is 60.2 Å². The van der Waals surface area contributed by atoms with Gasteiger partial charge in [-0.15, -0.1) is 12.4 Å². The summed E-state index contributed by atoms with van der Waals surface area (Å²) in [5.41, 5.74) is 1.20. The summed E-state index contributed by atoms with van der Waals surface area (Å²) in [6.45, 7) is 2.30. The first-order chi connectivity index (χ1) is 13.0. The van der Waals surface area contributed by atoms with Crippen molar-refractivity contribution in [2.24, 2.45) is 5.92 Å². The molecule has 0 saturated carbocycles. The van der Waals surface area contributed by atoms with Gasteiger partial charge >= 0.3 is 0 Å². The van der Waals surface area contributed by atoms with E-state index in [0.717, 1.165) is 31.5 Å². The fourth-order valence-corrected chi connectivity index (χ4v) is 4.28. The second kappa shape index (κ2) is 10.5. The standard InChI is InChI=1S/C20H25N3O3S.ClH/c24-20(11-10-16-12-13-21-14-16)22-15-17-6-4-5-9-19(17)23-27(25,26)18-7-2-1-3-8-18;/h1-9,16,21,23H,10-15H2,(H,22,24);1H. The maximum absolute atomic E-state index is 12.5. The highest BCUT2D eigenvalue weighted by Crippen LogP contribution is 2.20. The SMILES string of the molecule is Cl.O=C(CCC1CCNC1)NCc1ccccc1NS(=O)(=O)c1ccccc1. The van der Waals surface area contributed by atoms with Gasteiger partial charge in [0.2, 0.25) is 5.91 Å².